The Labute approximate surface area is 148 Å². The molecule has 1 atom stereocenters. The highest BCUT2D eigenvalue weighted by atomic mass is 16.5. The number of benzene rings is 1. The first-order chi connectivity index (χ1) is 12.1. The lowest BCUT2D eigenvalue weighted by Gasteiger charge is -2.34. The summed E-state index contributed by atoms with van der Waals surface area (Å²) in [6.07, 6.45) is 0.775. The van der Waals surface area contributed by atoms with E-state index < -0.39 is 0 Å². The van der Waals surface area contributed by atoms with Gasteiger partial charge in [0.1, 0.15) is 5.75 Å². The highest BCUT2D eigenvalue weighted by Gasteiger charge is 2.23. The Hall–Kier alpha value is -2.28. The van der Waals surface area contributed by atoms with Crippen LogP contribution in [0.1, 0.15) is 24.9 Å². The van der Waals surface area contributed by atoms with Gasteiger partial charge >= 0.3 is 6.03 Å². The largest absolute Gasteiger partial charge is 0.493 e. The number of fused-ring (bicyclic) bond motifs is 1. The second-order valence-electron chi connectivity index (χ2n) is 6.48. The summed E-state index contributed by atoms with van der Waals surface area (Å²) < 4.78 is 5.61. The zero-order valence-corrected chi connectivity index (χ0v) is 14.7. The molecule has 0 aliphatic carbocycles. The van der Waals surface area contributed by atoms with Crippen LogP contribution in [0, 0.1) is 0 Å². The number of carbonyl (C=O) groups excluding carboxylic acids is 2. The fourth-order valence-electron chi connectivity index (χ4n) is 3.32. The molecule has 2 aliphatic heterocycles. The summed E-state index contributed by atoms with van der Waals surface area (Å²) in [4.78, 5) is 27.6. The number of rotatable bonds is 4. The highest BCUT2D eigenvalue weighted by molar-refractivity contribution is 5.74. The van der Waals surface area contributed by atoms with Crippen molar-refractivity contribution in [2.75, 3.05) is 45.9 Å². The van der Waals surface area contributed by atoms with E-state index in [0.29, 0.717) is 13.2 Å². The number of hydrogen-bond donors (Lipinski definition) is 2. The molecule has 3 amide bonds. The van der Waals surface area contributed by atoms with Crippen LogP contribution in [0.25, 0.3) is 0 Å². The molecule has 1 fully saturated rings. The van der Waals surface area contributed by atoms with Gasteiger partial charge in [-0.3, -0.25) is 9.69 Å². The summed E-state index contributed by atoms with van der Waals surface area (Å²) in [5, 5.41) is 5.96. The molecule has 1 saturated heterocycles. The van der Waals surface area contributed by atoms with Gasteiger partial charge in [-0.05, 0) is 6.07 Å². The number of urea groups is 1. The molecule has 0 aromatic heterocycles. The maximum absolute atomic E-state index is 12.2. The minimum Gasteiger partial charge on any atom is -0.493 e. The molecule has 2 heterocycles. The Morgan fingerprint density at radius 3 is 2.72 bits per heavy atom. The van der Waals surface area contributed by atoms with Crippen LogP contribution in [0.5, 0.6) is 5.75 Å². The van der Waals surface area contributed by atoms with E-state index in [2.05, 4.69) is 15.5 Å². The van der Waals surface area contributed by atoms with Gasteiger partial charge in [0.05, 0.1) is 12.6 Å². The molecular formula is C18H26N4O3. The smallest absolute Gasteiger partial charge is 0.315 e. The van der Waals surface area contributed by atoms with Crippen molar-refractivity contribution < 1.29 is 14.3 Å². The van der Waals surface area contributed by atoms with E-state index in [4.69, 9.17) is 4.74 Å². The number of hydrogen-bond acceptors (Lipinski definition) is 4. The van der Waals surface area contributed by atoms with Crippen LogP contribution in [-0.2, 0) is 4.79 Å². The maximum Gasteiger partial charge on any atom is 0.315 e. The van der Waals surface area contributed by atoms with Crippen molar-refractivity contribution >= 4 is 11.9 Å². The summed E-state index contributed by atoms with van der Waals surface area (Å²) in [5.41, 5.74) is 1.03. The van der Waals surface area contributed by atoms with Crippen LogP contribution in [0.15, 0.2) is 24.3 Å². The van der Waals surface area contributed by atoms with Crippen LogP contribution < -0.4 is 15.4 Å². The summed E-state index contributed by atoms with van der Waals surface area (Å²) in [6, 6.07) is 7.66. The third-order valence-corrected chi connectivity index (χ3v) is 4.80. The molecule has 0 saturated carbocycles. The molecule has 2 N–H and O–H groups in total. The summed E-state index contributed by atoms with van der Waals surface area (Å²) in [7, 11) is 0. The first-order valence-electron chi connectivity index (χ1n) is 8.87. The first-order valence-corrected chi connectivity index (χ1v) is 8.87. The Balaban J connectivity index is 1.39. The SMILES string of the molecule is CC(=O)N1CCN(CCNC(=O)NC2CCOc3ccccc32)CC1. The molecule has 7 nitrogen and oxygen atoms in total. The van der Waals surface area contributed by atoms with Gasteiger partial charge in [0.15, 0.2) is 0 Å². The quantitative estimate of drug-likeness (QED) is 0.852. The summed E-state index contributed by atoms with van der Waals surface area (Å²) in [6.45, 7) is 6.85. The average Bonchev–Trinajstić information content (AvgIpc) is 2.62. The maximum atomic E-state index is 12.2. The summed E-state index contributed by atoms with van der Waals surface area (Å²) in [5.74, 6) is 0.983. The molecule has 7 heteroatoms. The van der Waals surface area contributed by atoms with Crippen LogP contribution in [-0.4, -0.2) is 67.6 Å². The van der Waals surface area contributed by atoms with Crippen molar-refractivity contribution in [2.24, 2.45) is 0 Å². The Morgan fingerprint density at radius 1 is 1.20 bits per heavy atom. The van der Waals surface area contributed by atoms with Gasteiger partial charge in [0.2, 0.25) is 5.91 Å². The van der Waals surface area contributed by atoms with Gasteiger partial charge in [-0.15, -0.1) is 0 Å². The van der Waals surface area contributed by atoms with Crippen LogP contribution in [0.3, 0.4) is 0 Å². The molecule has 25 heavy (non-hydrogen) atoms. The molecule has 0 spiro atoms. The van der Waals surface area contributed by atoms with Gasteiger partial charge in [-0.1, -0.05) is 18.2 Å². The predicted octanol–water partition coefficient (Wildman–Crippen LogP) is 0.974. The number of nitrogens with zero attached hydrogens (tertiary/aromatic N) is 2. The van der Waals surface area contributed by atoms with Crippen molar-refractivity contribution in [3.8, 4) is 5.75 Å². The zero-order valence-electron chi connectivity index (χ0n) is 14.7. The van der Waals surface area contributed by atoms with Crippen LogP contribution >= 0.6 is 0 Å². The topological polar surface area (TPSA) is 73.9 Å². The second-order valence-corrected chi connectivity index (χ2v) is 6.48. The third-order valence-electron chi connectivity index (χ3n) is 4.80. The first kappa shape index (κ1) is 17.5. The zero-order chi connectivity index (χ0) is 17.6. The molecule has 3 rings (SSSR count). The number of nitrogens with one attached hydrogen (secondary N) is 2. The number of amides is 3. The van der Waals surface area contributed by atoms with Gasteiger partial charge in [0.25, 0.3) is 0 Å². The van der Waals surface area contributed by atoms with Gasteiger partial charge in [-0.2, -0.15) is 0 Å². The Kier molecular flexibility index (Phi) is 5.75. The lowest BCUT2D eigenvalue weighted by molar-refractivity contribution is -0.130. The summed E-state index contributed by atoms with van der Waals surface area (Å²) >= 11 is 0. The molecule has 2 aliphatic rings. The van der Waals surface area contributed by atoms with E-state index in [1.54, 1.807) is 6.92 Å². The van der Waals surface area contributed by atoms with Crippen molar-refractivity contribution in [1.82, 2.24) is 20.4 Å². The van der Waals surface area contributed by atoms with E-state index in [9.17, 15) is 9.59 Å². The normalized spacial score (nSPS) is 20.4. The van der Waals surface area contributed by atoms with Crippen molar-refractivity contribution in [3.63, 3.8) is 0 Å². The fraction of sp³-hybridized carbons (Fsp3) is 0.556. The minimum atomic E-state index is -0.149. The number of para-hydroxylation sites is 1. The fourth-order valence-corrected chi connectivity index (χ4v) is 3.32. The van der Waals surface area contributed by atoms with E-state index in [0.717, 1.165) is 50.5 Å². The van der Waals surface area contributed by atoms with Crippen LogP contribution in [0.2, 0.25) is 0 Å². The van der Waals surface area contributed by atoms with Crippen molar-refractivity contribution in [2.45, 2.75) is 19.4 Å². The lowest BCUT2D eigenvalue weighted by Crippen LogP contribution is -2.50. The second kappa shape index (κ2) is 8.20. The number of carbonyl (C=O) groups is 2. The molecule has 0 bridgehead atoms. The van der Waals surface area contributed by atoms with E-state index in [1.807, 2.05) is 29.2 Å². The van der Waals surface area contributed by atoms with Gasteiger partial charge in [-0.25, -0.2) is 4.79 Å². The van der Waals surface area contributed by atoms with Gasteiger partial charge in [0, 0.05) is 58.2 Å². The van der Waals surface area contributed by atoms with Gasteiger partial charge < -0.3 is 20.3 Å². The molecule has 0 radical (unpaired) electrons. The van der Waals surface area contributed by atoms with Crippen molar-refractivity contribution in [3.05, 3.63) is 29.8 Å². The van der Waals surface area contributed by atoms with E-state index >= 15 is 0 Å². The minimum absolute atomic E-state index is 0.0101. The van der Waals surface area contributed by atoms with Crippen LogP contribution in [0.4, 0.5) is 4.79 Å². The highest BCUT2D eigenvalue weighted by Crippen LogP contribution is 2.31. The van der Waals surface area contributed by atoms with E-state index in [-0.39, 0.29) is 18.0 Å². The third kappa shape index (κ3) is 4.63. The number of ether oxygens (including phenoxy) is 1. The standard InChI is InChI=1S/C18H26N4O3/c1-14(23)22-11-9-21(10-12-22)8-7-19-18(24)20-16-6-13-25-17-5-3-2-4-15(16)17/h2-5,16H,6-13H2,1H3,(H2,19,20,24). The van der Waals surface area contributed by atoms with E-state index in [1.165, 1.54) is 0 Å². The molecule has 1 aromatic carbocycles. The molecule has 136 valence electrons. The van der Waals surface area contributed by atoms with Crippen molar-refractivity contribution in [1.29, 1.82) is 0 Å². The molecule has 1 aromatic rings. The average molecular weight is 346 g/mol. The monoisotopic (exact) mass is 346 g/mol. The molecule has 1 unspecified atom stereocenters. The Bertz CT molecular complexity index is 614. The lowest BCUT2D eigenvalue weighted by atomic mass is 10.0. The Morgan fingerprint density at radius 2 is 1.96 bits per heavy atom. The number of piperazine rings is 1. The molecular weight excluding hydrogens is 320 g/mol. The predicted molar refractivity (Wildman–Crippen MR) is 94.5 cm³/mol.